The Morgan fingerprint density at radius 3 is 2.93 bits per heavy atom. The highest BCUT2D eigenvalue weighted by Crippen LogP contribution is 2.29. The topological polar surface area (TPSA) is 37.4 Å². The van der Waals surface area contributed by atoms with Gasteiger partial charge in [-0.3, -0.25) is 4.79 Å². The normalized spacial score (nSPS) is 15.0. The van der Waals surface area contributed by atoms with Crippen LogP contribution >= 0.6 is 0 Å². The van der Waals surface area contributed by atoms with E-state index in [0.29, 0.717) is 12.8 Å². The maximum atomic E-state index is 11.5. The van der Waals surface area contributed by atoms with Gasteiger partial charge in [-0.05, 0) is 23.6 Å². The summed E-state index contributed by atoms with van der Waals surface area (Å²) in [6.45, 7) is 0. The van der Waals surface area contributed by atoms with Crippen LogP contribution in [0, 0.1) is 0 Å². The van der Waals surface area contributed by atoms with Crippen molar-refractivity contribution in [2.75, 3.05) is 11.9 Å². The third-order valence-corrected chi connectivity index (χ3v) is 2.88. The summed E-state index contributed by atoms with van der Waals surface area (Å²) in [5.74, 6) is 0.144. The Kier molecular flexibility index (Phi) is 2.54. The third-order valence-electron chi connectivity index (χ3n) is 2.88. The van der Waals surface area contributed by atoms with E-state index in [-0.39, 0.29) is 5.91 Å². The summed E-state index contributed by atoms with van der Waals surface area (Å²) < 4.78 is 0. The molecule has 3 nitrogen and oxygen atoms in total. The number of carbonyl (C=O) groups excluding carboxylic acids is 2. The number of hydrogen-bond acceptors (Lipinski definition) is 2. The molecule has 0 radical (unpaired) electrons. The maximum absolute atomic E-state index is 11.5. The zero-order valence-electron chi connectivity index (χ0n) is 8.69. The van der Waals surface area contributed by atoms with Gasteiger partial charge >= 0.3 is 0 Å². The second kappa shape index (κ2) is 3.85. The summed E-state index contributed by atoms with van der Waals surface area (Å²) in [7, 11) is 1.78. The van der Waals surface area contributed by atoms with Crippen LogP contribution in [0.1, 0.15) is 17.5 Å². The number of benzene rings is 1. The molecule has 1 aliphatic rings. The molecule has 1 amide bonds. The summed E-state index contributed by atoms with van der Waals surface area (Å²) >= 11 is 0. The molecule has 1 aliphatic heterocycles. The van der Waals surface area contributed by atoms with E-state index in [0.717, 1.165) is 29.5 Å². The van der Waals surface area contributed by atoms with Gasteiger partial charge in [-0.15, -0.1) is 0 Å². The van der Waals surface area contributed by atoms with Crippen LogP contribution in [0.3, 0.4) is 0 Å². The van der Waals surface area contributed by atoms with Crippen LogP contribution in [0.25, 0.3) is 0 Å². The molecule has 78 valence electrons. The quantitative estimate of drug-likeness (QED) is 0.680. The van der Waals surface area contributed by atoms with E-state index in [1.165, 1.54) is 0 Å². The highest BCUT2D eigenvalue weighted by Gasteiger charge is 2.22. The molecule has 3 heteroatoms. The summed E-state index contributed by atoms with van der Waals surface area (Å²) in [6.07, 6.45) is 2.64. The van der Waals surface area contributed by atoms with Crippen molar-refractivity contribution in [1.29, 1.82) is 0 Å². The van der Waals surface area contributed by atoms with Crippen LogP contribution in [0.15, 0.2) is 18.2 Å². The molecule has 2 rings (SSSR count). The van der Waals surface area contributed by atoms with Gasteiger partial charge < -0.3 is 9.69 Å². The fraction of sp³-hybridized carbons (Fsp3) is 0.333. The Morgan fingerprint density at radius 1 is 1.40 bits per heavy atom. The molecule has 0 aromatic heterocycles. The second-order valence-electron chi connectivity index (χ2n) is 3.74. The first-order chi connectivity index (χ1) is 7.24. The molecule has 0 atom stereocenters. The first-order valence-corrected chi connectivity index (χ1v) is 5.05. The van der Waals surface area contributed by atoms with Crippen LogP contribution in [0.4, 0.5) is 5.69 Å². The number of aldehydes is 1. The average molecular weight is 203 g/mol. The minimum Gasteiger partial charge on any atom is -0.315 e. The number of amides is 1. The summed E-state index contributed by atoms with van der Waals surface area (Å²) in [5, 5.41) is 0. The van der Waals surface area contributed by atoms with Gasteiger partial charge in [0.1, 0.15) is 6.29 Å². The van der Waals surface area contributed by atoms with Crippen LogP contribution in [-0.4, -0.2) is 19.2 Å². The van der Waals surface area contributed by atoms with Gasteiger partial charge in [-0.25, -0.2) is 0 Å². The Balaban J connectivity index is 2.48. The molecule has 0 fully saturated rings. The van der Waals surface area contributed by atoms with E-state index < -0.39 is 0 Å². The molecule has 0 aliphatic carbocycles. The second-order valence-corrected chi connectivity index (χ2v) is 3.74. The van der Waals surface area contributed by atoms with Crippen molar-refractivity contribution in [2.24, 2.45) is 0 Å². The van der Waals surface area contributed by atoms with Crippen molar-refractivity contribution in [3.63, 3.8) is 0 Å². The zero-order chi connectivity index (χ0) is 10.8. The van der Waals surface area contributed by atoms with Crippen LogP contribution in [0.5, 0.6) is 0 Å². The molecule has 0 N–H and O–H groups in total. The number of rotatable bonds is 2. The standard InChI is InChI=1S/C12H13NO2/c1-13-11-4-2-3-9(7-8-14)10(11)5-6-12(13)15/h2-4,8H,5-7H2,1H3. The van der Waals surface area contributed by atoms with Crippen molar-refractivity contribution >= 4 is 17.9 Å². The monoisotopic (exact) mass is 203 g/mol. The average Bonchev–Trinajstić information content (AvgIpc) is 2.25. The predicted molar refractivity (Wildman–Crippen MR) is 57.9 cm³/mol. The third kappa shape index (κ3) is 1.65. The molecule has 0 unspecified atom stereocenters. The summed E-state index contributed by atoms with van der Waals surface area (Å²) in [4.78, 5) is 23.7. The minimum absolute atomic E-state index is 0.144. The number of carbonyl (C=O) groups is 2. The molecule has 0 bridgehead atoms. The molecule has 15 heavy (non-hydrogen) atoms. The Hall–Kier alpha value is -1.64. The SMILES string of the molecule is CN1C(=O)CCc2c(CC=O)cccc21. The van der Waals surface area contributed by atoms with E-state index in [2.05, 4.69) is 0 Å². The van der Waals surface area contributed by atoms with Gasteiger partial charge in [-0.1, -0.05) is 12.1 Å². The fourth-order valence-electron chi connectivity index (χ4n) is 2.04. The van der Waals surface area contributed by atoms with Gasteiger partial charge in [0.25, 0.3) is 0 Å². The van der Waals surface area contributed by atoms with Gasteiger partial charge in [0.15, 0.2) is 0 Å². The lowest BCUT2D eigenvalue weighted by molar-refractivity contribution is -0.118. The van der Waals surface area contributed by atoms with Crippen LogP contribution < -0.4 is 4.90 Å². The number of nitrogens with zero attached hydrogens (tertiary/aromatic N) is 1. The van der Waals surface area contributed by atoms with Crippen LogP contribution in [-0.2, 0) is 22.4 Å². The van der Waals surface area contributed by atoms with Gasteiger partial charge in [0.2, 0.25) is 5.91 Å². The zero-order valence-corrected chi connectivity index (χ0v) is 8.69. The lowest BCUT2D eigenvalue weighted by Crippen LogP contribution is -2.31. The highest BCUT2D eigenvalue weighted by atomic mass is 16.2. The van der Waals surface area contributed by atoms with Gasteiger partial charge in [-0.2, -0.15) is 0 Å². The van der Waals surface area contributed by atoms with Crippen molar-refractivity contribution < 1.29 is 9.59 Å². The number of fused-ring (bicyclic) bond motifs is 1. The first kappa shape index (κ1) is 9.90. The maximum Gasteiger partial charge on any atom is 0.227 e. The molecule has 1 aromatic carbocycles. The predicted octanol–water partition coefficient (Wildman–Crippen LogP) is 1.34. The number of hydrogen-bond donors (Lipinski definition) is 0. The van der Waals surface area contributed by atoms with Crippen molar-refractivity contribution in [3.8, 4) is 0 Å². The lowest BCUT2D eigenvalue weighted by atomic mass is 9.95. The number of anilines is 1. The van der Waals surface area contributed by atoms with Crippen molar-refractivity contribution in [1.82, 2.24) is 0 Å². The van der Waals surface area contributed by atoms with E-state index >= 15 is 0 Å². The van der Waals surface area contributed by atoms with E-state index in [1.807, 2.05) is 18.2 Å². The van der Waals surface area contributed by atoms with E-state index in [4.69, 9.17) is 0 Å². The fourth-order valence-corrected chi connectivity index (χ4v) is 2.04. The molecular formula is C12H13NO2. The molecule has 1 heterocycles. The lowest BCUT2D eigenvalue weighted by Gasteiger charge is -2.27. The molecule has 1 aromatic rings. The minimum atomic E-state index is 0.144. The first-order valence-electron chi connectivity index (χ1n) is 5.05. The van der Waals surface area contributed by atoms with Crippen molar-refractivity contribution in [2.45, 2.75) is 19.3 Å². The molecule has 0 saturated carbocycles. The van der Waals surface area contributed by atoms with E-state index in [9.17, 15) is 9.59 Å². The molecular weight excluding hydrogens is 190 g/mol. The summed E-state index contributed by atoms with van der Waals surface area (Å²) in [5.41, 5.74) is 3.14. The van der Waals surface area contributed by atoms with Crippen molar-refractivity contribution in [3.05, 3.63) is 29.3 Å². The largest absolute Gasteiger partial charge is 0.315 e. The molecule has 0 spiro atoms. The highest BCUT2D eigenvalue weighted by molar-refractivity contribution is 5.96. The smallest absolute Gasteiger partial charge is 0.227 e. The van der Waals surface area contributed by atoms with Gasteiger partial charge in [0.05, 0.1) is 0 Å². The van der Waals surface area contributed by atoms with Gasteiger partial charge in [0, 0.05) is 25.6 Å². The summed E-state index contributed by atoms with van der Waals surface area (Å²) in [6, 6.07) is 5.78. The molecule has 0 saturated heterocycles. The van der Waals surface area contributed by atoms with E-state index in [1.54, 1.807) is 11.9 Å². The van der Waals surface area contributed by atoms with Crippen LogP contribution in [0.2, 0.25) is 0 Å². The Bertz CT molecular complexity index is 412. The Labute approximate surface area is 88.7 Å². The Morgan fingerprint density at radius 2 is 2.20 bits per heavy atom.